The van der Waals surface area contributed by atoms with Crippen molar-refractivity contribution in [1.82, 2.24) is 10.2 Å². The first-order valence-corrected chi connectivity index (χ1v) is 12.5. The quantitative estimate of drug-likeness (QED) is 0.390. The molecule has 1 aliphatic heterocycles. The number of hydrogen-bond donors (Lipinski definition) is 2. The number of carbonyl (C=O) groups is 3. The number of likely N-dealkylation sites (tertiary alicyclic amines) is 1. The zero-order valence-corrected chi connectivity index (χ0v) is 21.1. The molecule has 2 bridgehead atoms. The average Bonchev–Trinajstić information content (AvgIpc) is 3.45. The summed E-state index contributed by atoms with van der Waals surface area (Å²) in [5.74, 6) is -0.729. The number of hydrogen-bond acceptors (Lipinski definition) is 3. The van der Waals surface area contributed by atoms with Crippen LogP contribution in [0.3, 0.4) is 0 Å². The maximum atomic E-state index is 13.4. The van der Waals surface area contributed by atoms with Gasteiger partial charge < -0.3 is 10.6 Å². The molecule has 2 aromatic rings. The molecule has 5 atom stereocenters. The molecule has 170 valence electrons. The van der Waals surface area contributed by atoms with Crippen molar-refractivity contribution in [3.05, 3.63) is 74.7 Å². The molecular formula is C25H23Br2N3O3. The van der Waals surface area contributed by atoms with Crippen LogP contribution in [-0.4, -0.2) is 28.9 Å². The summed E-state index contributed by atoms with van der Waals surface area (Å²) in [6, 6.07) is 12.9. The lowest BCUT2D eigenvalue weighted by Gasteiger charge is -2.29. The van der Waals surface area contributed by atoms with Gasteiger partial charge in [0.05, 0.1) is 17.5 Å². The second kappa shape index (κ2) is 8.72. The van der Waals surface area contributed by atoms with Crippen LogP contribution in [-0.2, 0) is 16.0 Å². The molecule has 6 nitrogen and oxygen atoms in total. The van der Waals surface area contributed by atoms with Crippen molar-refractivity contribution in [2.45, 2.75) is 25.9 Å². The van der Waals surface area contributed by atoms with E-state index in [2.05, 4.69) is 54.6 Å². The molecule has 5 unspecified atom stereocenters. The predicted molar refractivity (Wildman–Crippen MR) is 132 cm³/mol. The third-order valence-electron chi connectivity index (χ3n) is 6.88. The third-order valence-corrected chi connectivity index (χ3v) is 7.96. The number of nitrogens with zero attached hydrogens (tertiary/aromatic N) is 1. The first kappa shape index (κ1) is 22.3. The van der Waals surface area contributed by atoms with Crippen molar-refractivity contribution in [3.8, 4) is 0 Å². The van der Waals surface area contributed by atoms with Crippen LogP contribution in [0.15, 0.2) is 63.6 Å². The molecule has 0 radical (unpaired) electrons. The second-order valence-electron chi connectivity index (χ2n) is 8.93. The SMILES string of the molecule is Cc1cc(Br)cc(Br)c1NC(=O)NC(Cc1ccccc1)N1C(=O)C2C3C=CC(C3)C2C1=O. The van der Waals surface area contributed by atoms with E-state index in [1.54, 1.807) is 0 Å². The molecule has 33 heavy (non-hydrogen) atoms. The highest BCUT2D eigenvalue weighted by atomic mass is 79.9. The van der Waals surface area contributed by atoms with Crippen LogP contribution in [0.5, 0.6) is 0 Å². The van der Waals surface area contributed by atoms with Crippen molar-refractivity contribution >= 4 is 55.4 Å². The summed E-state index contributed by atoms with van der Waals surface area (Å²) < 4.78 is 1.62. The normalized spacial score (nSPS) is 26.0. The van der Waals surface area contributed by atoms with E-state index in [1.807, 2.05) is 49.4 Å². The lowest BCUT2D eigenvalue weighted by Crippen LogP contribution is -2.54. The van der Waals surface area contributed by atoms with Gasteiger partial charge in [0.15, 0.2) is 0 Å². The number of rotatable bonds is 5. The lowest BCUT2D eigenvalue weighted by molar-refractivity contribution is -0.143. The van der Waals surface area contributed by atoms with Gasteiger partial charge in [-0.3, -0.25) is 14.5 Å². The monoisotopic (exact) mass is 571 g/mol. The number of amides is 4. The molecule has 2 aromatic carbocycles. The minimum absolute atomic E-state index is 0.119. The van der Waals surface area contributed by atoms with Gasteiger partial charge in [0.2, 0.25) is 11.8 Å². The van der Waals surface area contributed by atoms with E-state index < -0.39 is 12.2 Å². The molecule has 0 aromatic heterocycles. The summed E-state index contributed by atoms with van der Waals surface area (Å²) in [5.41, 5.74) is 2.44. The Morgan fingerprint density at radius 2 is 1.70 bits per heavy atom. The van der Waals surface area contributed by atoms with Gasteiger partial charge in [-0.15, -0.1) is 0 Å². The van der Waals surface area contributed by atoms with Crippen molar-refractivity contribution in [2.75, 3.05) is 5.32 Å². The molecule has 1 saturated heterocycles. The number of fused-ring (bicyclic) bond motifs is 5. The fraction of sp³-hybridized carbons (Fsp3) is 0.320. The number of imide groups is 1. The minimum Gasteiger partial charge on any atom is -0.317 e. The zero-order chi connectivity index (χ0) is 23.3. The van der Waals surface area contributed by atoms with E-state index in [0.29, 0.717) is 12.1 Å². The summed E-state index contributed by atoms with van der Waals surface area (Å²) in [7, 11) is 0. The third kappa shape index (κ3) is 4.04. The van der Waals surface area contributed by atoms with Gasteiger partial charge in [-0.1, -0.05) is 58.4 Å². The molecule has 4 amide bonds. The van der Waals surface area contributed by atoms with Crippen molar-refractivity contribution in [1.29, 1.82) is 0 Å². The summed E-state index contributed by atoms with van der Waals surface area (Å²) in [4.78, 5) is 41.1. The Bertz CT molecular complexity index is 1110. The van der Waals surface area contributed by atoms with Crippen LogP contribution < -0.4 is 10.6 Å². The van der Waals surface area contributed by atoms with E-state index in [4.69, 9.17) is 0 Å². The Hall–Kier alpha value is -2.45. The topological polar surface area (TPSA) is 78.5 Å². The number of nitrogens with one attached hydrogen (secondary N) is 2. The Kier molecular flexibility index (Phi) is 5.91. The molecule has 2 aliphatic carbocycles. The number of carbonyl (C=O) groups excluding carboxylic acids is 3. The smallest absolute Gasteiger partial charge is 0.317 e. The molecule has 0 spiro atoms. The van der Waals surface area contributed by atoms with Crippen molar-refractivity contribution < 1.29 is 14.4 Å². The van der Waals surface area contributed by atoms with Gasteiger partial charge in [-0.25, -0.2) is 4.79 Å². The maximum Gasteiger partial charge on any atom is 0.320 e. The van der Waals surface area contributed by atoms with Gasteiger partial charge >= 0.3 is 6.03 Å². The van der Waals surface area contributed by atoms with Gasteiger partial charge in [-0.05, 0) is 64.4 Å². The summed E-state index contributed by atoms with van der Waals surface area (Å²) in [6.07, 6.45) is 4.58. The predicted octanol–water partition coefficient (Wildman–Crippen LogP) is 5.02. The van der Waals surface area contributed by atoms with Gasteiger partial charge in [0.1, 0.15) is 6.17 Å². The molecule has 5 rings (SSSR count). The Labute approximate surface area is 209 Å². The molecular weight excluding hydrogens is 550 g/mol. The fourth-order valence-electron chi connectivity index (χ4n) is 5.44. The number of benzene rings is 2. The molecule has 2 N–H and O–H groups in total. The largest absolute Gasteiger partial charge is 0.320 e. The molecule has 2 fully saturated rings. The van der Waals surface area contributed by atoms with Crippen LogP contribution >= 0.6 is 31.9 Å². The number of anilines is 1. The number of aryl methyl sites for hydroxylation is 1. The van der Waals surface area contributed by atoms with E-state index >= 15 is 0 Å². The second-order valence-corrected chi connectivity index (χ2v) is 10.7. The van der Waals surface area contributed by atoms with Gasteiger partial charge in [0, 0.05) is 15.4 Å². The summed E-state index contributed by atoms with van der Waals surface area (Å²) in [6.45, 7) is 1.89. The molecule has 1 saturated carbocycles. The van der Waals surface area contributed by atoms with Crippen molar-refractivity contribution in [3.63, 3.8) is 0 Å². The van der Waals surface area contributed by atoms with Crippen LogP contribution in [0.25, 0.3) is 0 Å². The molecule has 8 heteroatoms. The Balaban J connectivity index is 1.40. The average molecular weight is 573 g/mol. The van der Waals surface area contributed by atoms with E-state index in [0.717, 1.165) is 26.5 Å². The molecule has 1 heterocycles. The van der Waals surface area contributed by atoms with E-state index in [-0.39, 0.29) is 35.5 Å². The van der Waals surface area contributed by atoms with E-state index in [9.17, 15) is 14.4 Å². The van der Waals surface area contributed by atoms with Crippen LogP contribution in [0, 0.1) is 30.6 Å². The highest BCUT2D eigenvalue weighted by molar-refractivity contribution is 9.11. The highest BCUT2D eigenvalue weighted by Gasteiger charge is 2.60. The van der Waals surface area contributed by atoms with E-state index in [1.165, 1.54) is 4.90 Å². The first-order chi connectivity index (χ1) is 15.8. The lowest BCUT2D eigenvalue weighted by atomic mass is 9.85. The zero-order valence-electron chi connectivity index (χ0n) is 17.9. The number of halogens is 2. The van der Waals surface area contributed by atoms with Gasteiger partial charge in [-0.2, -0.15) is 0 Å². The summed E-state index contributed by atoms with van der Waals surface area (Å²) >= 11 is 6.93. The van der Waals surface area contributed by atoms with Crippen LogP contribution in [0.4, 0.5) is 10.5 Å². The van der Waals surface area contributed by atoms with Gasteiger partial charge in [0.25, 0.3) is 0 Å². The molecule has 3 aliphatic rings. The standard InChI is InChI=1S/C25H23Br2N3O3/c1-13-9-17(26)12-18(27)22(13)29-25(33)28-19(10-14-5-3-2-4-6-14)30-23(31)20-15-7-8-16(11-15)21(20)24(30)32/h2-9,12,15-16,19-21H,10-11H2,1H3,(H2,28,29,33). The minimum atomic E-state index is -0.771. The fourth-order valence-corrected chi connectivity index (χ4v) is 6.98. The number of allylic oxidation sites excluding steroid dienone is 2. The maximum absolute atomic E-state index is 13.4. The first-order valence-electron chi connectivity index (χ1n) is 11.0. The Morgan fingerprint density at radius 1 is 1.06 bits per heavy atom. The van der Waals surface area contributed by atoms with Crippen LogP contribution in [0.2, 0.25) is 0 Å². The summed E-state index contributed by atoms with van der Waals surface area (Å²) in [5, 5.41) is 5.78. The Morgan fingerprint density at radius 3 is 2.30 bits per heavy atom. The van der Waals surface area contributed by atoms with Crippen molar-refractivity contribution in [2.24, 2.45) is 23.7 Å². The van der Waals surface area contributed by atoms with Crippen LogP contribution in [0.1, 0.15) is 17.5 Å². The number of urea groups is 1. The highest BCUT2D eigenvalue weighted by Crippen LogP contribution is 2.52.